The van der Waals surface area contributed by atoms with Gasteiger partial charge in [0.15, 0.2) is 0 Å². The molecule has 0 aliphatic carbocycles. The lowest BCUT2D eigenvalue weighted by Gasteiger charge is -2.10. The van der Waals surface area contributed by atoms with Crippen LogP contribution >= 0.6 is 46.1 Å². The van der Waals surface area contributed by atoms with Gasteiger partial charge < -0.3 is 0 Å². The van der Waals surface area contributed by atoms with Crippen molar-refractivity contribution in [2.45, 2.75) is 104 Å². The fourth-order valence-electron chi connectivity index (χ4n) is 6.26. The van der Waals surface area contributed by atoms with Crippen molar-refractivity contribution >= 4 is 68.2 Å². The highest BCUT2D eigenvalue weighted by Gasteiger charge is 2.21. The Kier molecular flexibility index (Phi) is 11.2. The van der Waals surface area contributed by atoms with Crippen LogP contribution in [0.4, 0.5) is 0 Å². The van der Waals surface area contributed by atoms with Crippen LogP contribution in [0.1, 0.15) is 102 Å². The Labute approximate surface area is 278 Å². The van der Waals surface area contributed by atoms with E-state index in [0.717, 1.165) is 46.0 Å². The average molecular weight is 659 g/mol. The van der Waals surface area contributed by atoms with Gasteiger partial charge >= 0.3 is 0 Å². The number of aryl methyl sites for hydroxylation is 2. The van der Waals surface area contributed by atoms with E-state index in [0.29, 0.717) is 0 Å². The molecule has 6 rings (SSSR count). The van der Waals surface area contributed by atoms with E-state index in [1.54, 1.807) is 0 Å². The first-order valence-electron chi connectivity index (χ1n) is 16.4. The summed E-state index contributed by atoms with van der Waals surface area (Å²) in [6.07, 6.45) is 18.1. The van der Waals surface area contributed by atoms with Crippen LogP contribution in [-0.4, -0.2) is 17.5 Å². The maximum Gasteiger partial charge on any atom is 0.114 e. The zero-order chi connectivity index (χ0) is 30.1. The van der Waals surface area contributed by atoms with Crippen molar-refractivity contribution in [3.8, 4) is 32.0 Å². The molecule has 0 unspecified atom stereocenters. The Hall–Kier alpha value is -2.52. The molecule has 4 heterocycles. The van der Waals surface area contributed by atoms with Gasteiger partial charge in [-0.1, -0.05) is 102 Å². The van der Waals surface area contributed by atoms with Crippen LogP contribution < -0.4 is 0 Å². The minimum Gasteiger partial charge on any atom is -0.172 e. The summed E-state index contributed by atoms with van der Waals surface area (Å²) in [5.41, 5.74) is 11.4. The van der Waals surface area contributed by atoms with E-state index in [1.807, 2.05) is 22.7 Å². The van der Waals surface area contributed by atoms with Crippen molar-refractivity contribution < 1.29 is 0 Å². The molecule has 6 aromatic rings. The molecule has 0 amide bonds. The summed E-state index contributed by atoms with van der Waals surface area (Å²) in [7, 11) is 0. The monoisotopic (exact) mass is 658 g/mol. The molecular formula is C36H42N4S4. The fraction of sp³-hybridized carbons (Fsp3) is 0.444. The number of hydrogen-bond acceptors (Lipinski definition) is 8. The summed E-state index contributed by atoms with van der Waals surface area (Å²) in [5, 5.41) is 4.46. The molecular weight excluding hydrogens is 617 g/mol. The molecule has 0 fully saturated rings. The van der Waals surface area contributed by atoms with E-state index in [1.165, 1.54) is 133 Å². The lowest BCUT2D eigenvalue weighted by atomic mass is 9.95. The molecule has 0 saturated carbocycles. The number of nitrogens with zero attached hydrogens (tertiary/aromatic N) is 4. The van der Waals surface area contributed by atoms with Crippen LogP contribution in [-0.2, 0) is 12.8 Å². The van der Waals surface area contributed by atoms with Crippen molar-refractivity contribution in [3.05, 3.63) is 58.3 Å². The van der Waals surface area contributed by atoms with Gasteiger partial charge in [-0.3, -0.25) is 0 Å². The maximum absolute atomic E-state index is 4.83. The van der Waals surface area contributed by atoms with Gasteiger partial charge in [0.05, 0.1) is 23.5 Å². The molecule has 0 bridgehead atoms. The highest BCUT2D eigenvalue weighted by molar-refractivity contribution is 7.14. The first-order chi connectivity index (χ1) is 21.8. The Balaban J connectivity index is 1.25. The van der Waals surface area contributed by atoms with Gasteiger partial charge in [-0.05, 0) is 59.7 Å². The van der Waals surface area contributed by atoms with Gasteiger partial charge in [-0.25, -0.2) is 0 Å². The minimum absolute atomic E-state index is 0.966. The van der Waals surface area contributed by atoms with Crippen molar-refractivity contribution in [1.29, 1.82) is 0 Å². The Morgan fingerprint density at radius 2 is 0.795 bits per heavy atom. The fourth-order valence-corrected chi connectivity index (χ4v) is 9.37. The molecule has 8 heteroatoms. The predicted octanol–water partition coefficient (Wildman–Crippen LogP) is 12.6. The zero-order valence-electron chi connectivity index (χ0n) is 25.9. The Morgan fingerprint density at radius 3 is 1.23 bits per heavy atom. The van der Waals surface area contributed by atoms with Crippen molar-refractivity contribution in [3.63, 3.8) is 0 Å². The second-order valence-electron chi connectivity index (χ2n) is 11.8. The third-order valence-corrected chi connectivity index (χ3v) is 11.7. The second-order valence-corrected chi connectivity index (χ2v) is 14.7. The molecule has 4 nitrogen and oxygen atoms in total. The minimum atomic E-state index is 0.966. The Morgan fingerprint density at radius 1 is 0.432 bits per heavy atom. The molecule has 2 aromatic carbocycles. The summed E-state index contributed by atoms with van der Waals surface area (Å²) < 4.78 is 19.3. The average Bonchev–Trinajstić information content (AvgIpc) is 3.87. The summed E-state index contributed by atoms with van der Waals surface area (Å²) in [6.45, 7) is 4.56. The molecule has 0 N–H and O–H groups in total. The predicted molar refractivity (Wildman–Crippen MR) is 195 cm³/mol. The van der Waals surface area contributed by atoms with Gasteiger partial charge in [0.2, 0.25) is 0 Å². The highest BCUT2D eigenvalue weighted by Crippen LogP contribution is 2.43. The van der Waals surface area contributed by atoms with Crippen LogP contribution in [0.5, 0.6) is 0 Å². The molecule has 0 atom stereocenters. The van der Waals surface area contributed by atoms with Gasteiger partial charge in [-0.2, -0.15) is 17.5 Å². The molecule has 0 aliphatic heterocycles. The summed E-state index contributed by atoms with van der Waals surface area (Å²) in [4.78, 5) is 2.68. The van der Waals surface area contributed by atoms with E-state index in [4.69, 9.17) is 17.5 Å². The highest BCUT2D eigenvalue weighted by atomic mass is 32.1. The van der Waals surface area contributed by atoms with E-state index >= 15 is 0 Å². The second kappa shape index (κ2) is 15.7. The van der Waals surface area contributed by atoms with Crippen molar-refractivity contribution in [2.75, 3.05) is 0 Å². The topological polar surface area (TPSA) is 51.6 Å². The van der Waals surface area contributed by atoms with Gasteiger partial charge in [-0.15, -0.1) is 22.7 Å². The SMILES string of the molecule is CCCCCCCCc1ccsc1-c1ccc(-c2ccc(-c3sccc3CCCCCCCC)c3nsnc23)c2nsnc12. The standard InChI is InChI=1S/C36H42N4S4/c1-3-5-7-9-11-13-15-25-21-23-41-35(25)29-19-17-27(31-33(29)39-43-37-31)28-18-20-30(34-32(28)38-44-40-34)36-26(22-24-42-36)16-14-12-10-8-6-4-2/h17-24H,3-16H2,1-2H3. The number of aromatic nitrogens is 4. The summed E-state index contributed by atoms with van der Waals surface area (Å²) >= 11 is 6.27. The number of benzene rings is 2. The first kappa shape index (κ1) is 31.5. The molecule has 4 aromatic heterocycles. The van der Waals surface area contributed by atoms with Gasteiger partial charge in [0, 0.05) is 32.0 Å². The Bertz CT molecular complexity index is 1650. The number of fused-ring (bicyclic) bond motifs is 2. The maximum atomic E-state index is 4.83. The number of rotatable bonds is 17. The van der Waals surface area contributed by atoms with Crippen LogP contribution in [0.25, 0.3) is 54.1 Å². The normalized spacial score (nSPS) is 11.8. The molecule has 0 spiro atoms. The molecule has 0 aliphatic rings. The molecule has 44 heavy (non-hydrogen) atoms. The largest absolute Gasteiger partial charge is 0.172 e. The quantitative estimate of drug-likeness (QED) is 0.0915. The van der Waals surface area contributed by atoms with E-state index in [-0.39, 0.29) is 0 Å². The number of hydrogen-bond donors (Lipinski definition) is 0. The van der Waals surface area contributed by atoms with Gasteiger partial charge in [0.1, 0.15) is 22.1 Å². The van der Waals surface area contributed by atoms with Gasteiger partial charge in [0.25, 0.3) is 0 Å². The summed E-state index contributed by atoms with van der Waals surface area (Å²) in [5.74, 6) is 0. The third-order valence-electron chi connectivity index (χ3n) is 8.70. The molecule has 0 radical (unpaired) electrons. The van der Waals surface area contributed by atoms with Crippen molar-refractivity contribution in [2.24, 2.45) is 0 Å². The lowest BCUT2D eigenvalue weighted by molar-refractivity contribution is 0.608. The smallest absolute Gasteiger partial charge is 0.114 e. The number of unbranched alkanes of at least 4 members (excludes halogenated alkanes) is 10. The summed E-state index contributed by atoms with van der Waals surface area (Å²) in [6, 6.07) is 13.6. The molecule has 0 saturated heterocycles. The van der Waals surface area contributed by atoms with Crippen molar-refractivity contribution in [1.82, 2.24) is 17.5 Å². The van der Waals surface area contributed by atoms with E-state index < -0.39 is 0 Å². The van der Waals surface area contributed by atoms with Crippen LogP contribution in [0.3, 0.4) is 0 Å². The molecule has 230 valence electrons. The van der Waals surface area contributed by atoms with E-state index in [9.17, 15) is 0 Å². The van der Waals surface area contributed by atoms with Crippen LogP contribution in [0, 0.1) is 0 Å². The van der Waals surface area contributed by atoms with Crippen LogP contribution in [0.15, 0.2) is 47.2 Å². The van der Waals surface area contributed by atoms with Crippen LogP contribution in [0.2, 0.25) is 0 Å². The number of thiophene rings is 2. The van der Waals surface area contributed by atoms with E-state index in [2.05, 4.69) is 61.0 Å². The zero-order valence-corrected chi connectivity index (χ0v) is 29.2. The first-order valence-corrected chi connectivity index (χ1v) is 19.7. The lowest BCUT2D eigenvalue weighted by Crippen LogP contribution is -1.91. The third kappa shape index (κ3) is 6.99.